The Hall–Kier alpha value is -3.26. The van der Waals surface area contributed by atoms with E-state index in [0.29, 0.717) is 36.4 Å². The maximum absolute atomic E-state index is 13.7. The third kappa shape index (κ3) is 4.59. The van der Waals surface area contributed by atoms with Crippen LogP contribution in [0.5, 0.6) is 0 Å². The molecule has 0 spiro atoms. The smallest absolute Gasteiger partial charge is 0.253 e. The van der Waals surface area contributed by atoms with Crippen LogP contribution in [-0.2, 0) is 23.0 Å². The third-order valence-electron chi connectivity index (χ3n) is 5.53. The Morgan fingerprint density at radius 3 is 2.84 bits per heavy atom. The highest BCUT2D eigenvalue weighted by atomic mass is 19.1. The summed E-state index contributed by atoms with van der Waals surface area (Å²) in [5, 5.41) is 5.69. The zero-order chi connectivity index (χ0) is 22.0. The lowest BCUT2D eigenvalue weighted by Crippen LogP contribution is -2.26. The van der Waals surface area contributed by atoms with Crippen molar-refractivity contribution in [2.75, 3.05) is 18.5 Å². The average molecular weight is 424 g/mol. The monoisotopic (exact) mass is 424 g/mol. The van der Waals surface area contributed by atoms with Crippen molar-refractivity contribution >= 4 is 28.5 Å². The number of nitrogens with one attached hydrogen (secondary N) is 2. The van der Waals surface area contributed by atoms with Crippen molar-refractivity contribution in [2.24, 2.45) is 7.05 Å². The molecule has 7 nitrogen and oxygen atoms in total. The second-order valence-electron chi connectivity index (χ2n) is 7.75. The minimum atomic E-state index is -0.398. The van der Waals surface area contributed by atoms with Crippen molar-refractivity contribution in [3.8, 4) is 0 Å². The summed E-state index contributed by atoms with van der Waals surface area (Å²) in [7, 11) is 1.91. The van der Waals surface area contributed by atoms with E-state index in [4.69, 9.17) is 4.74 Å². The minimum absolute atomic E-state index is 0.136. The van der Waals surface area contributed by atoms with Gasteiger partial charge in [0.05, 0.1) is 11.0 Å². The molecule has 0 bridgehead atoms. The molecule has 2 aromatic carbocycles. The molecule has 1 aromatic heterocycles. The van der Waals surface area contributed by atoms with Crippen molar-refractivity contribution in [1.29, 1.82) is 0 Å². The van der Waals surface area contributed by atoms with Crippen LogP contribution in [0.3, 0.4) is 0 Å². The van der Waals surface area contributed by atoms with Crippen LogP contribution in [-0.4, -0.2) is 40.6 Å². The van der Waals surface area contributed by atoms with Gasteiger partial charge in [0.1, 0.15) is 17.7 Å². The fraction of sp³-hybridized carbons (Fsp3) is 0.348. The predicted molar refractivity (Wildman–Crippen MR) is 115 cm³/mol. The molecule has 1 aliphatic rings. The van der Waals surface area contributed by atoms with E-state index < -0.39 is 5.82 Å². The number of carbonyl (C=O) groups excluding carboxylic acids is 2. The number of fused-ring (bicyclic) bond motifs is 1. The molecule has 8 heteroatoms. The first kappa shape index (κ1) is 21.0. The Kier molecular flexibility index (Phi) is 5.99. The van der Waals surface area contributed by atoms with Crippen molar-refractivity contribution in [3.05, 3.63) is 59.2 Å². The van der Waals surface area contributed by atoms with Gasteiger partial charge in [0, 0.05) is 37.9 Å². The maximum atomic E-state index is 13.7. The normalized spacial score (nSPS) is 15.9. The van der Waals surface area contributed by atoms with Crippen LogP contribution in [0.1, 0.15) is 34.6 Å². The fourth-order valence-corrected chi connectivity index (χ4v) is 3.68. The van der Waals surface area contributed by atoms with Gasteiger partial charge in [0.15, 0.2) is 0 Å². The Labute approximate surface area is 179 Å². The van der Waals surface area contributed by atoms with Gasteiger partial charge in [-0.05, 0) is 55.7 Å². The summed E-state index contributed by atoms with van der Waals surface area (Å²) in [5.74, 6) is -0.0570. The average Bonchev–Trinajstić information content (AvgIpc) is 3.39. The van der Waals surface area contributed by atoms with Crippen molar-refractivity contribution < 1.29 is 18.7 Å². The number of halogens is 1. The van der Waals surface area contributed by atoms with Gasteiger partial charge in [-0.2, -0.15) is 0 Å². The summed E-state index contributed by atoms with van der Waals surface area (Å²) >= 11 is 0. The van der Waals surface area contributed by atoms with E-state index in [0.717, 1.165) is 29.7 Å². The molecule has 162 valence electrons. The molecule has 4 rings (SSSR count). The molecule has 1 fully saturated rings. The molecule has 0 unspecified atom stereocenters. The second kappa shape index (κ2) is 8.85. The molecular weight excluding hydrogens is 399 g/mol. The highest BCUT2D eigenvalue weighted by Gasteiger charge is 2.23. The largest absolute Gasteiger partial charge is 0.368 e. The first-order chi connectivity index (χ1) is 14.9. The van der Waals surface area contributed by atoms with Gasteiger partial charge in [-0.3, -0.25) is 9.59 Å². The van der Waals surface area contributed by atoms with Crippen LogP contribution in [0, 0.1) is 12.7 Å². The Morgan fingerprint density at radius 2 is 2.10 bits per heavy atom. The molecule has 1 aliphatic heterocycles. The number of ether oxygens (including phenoxy) is 1. The molecule has 1 atom stereocenters. The van der Waals surface area contributed by atoms with E-state index in [-0.39, 0.29) is 17.9 Å². The first-order valence-corrected chi connectivity index (χ1v) is 10.3. The van der Waals surface area contributed by atoms with E-state index >= 15 is 0 Å². The van der Waals surface area contributed by atoms with Gasteiger partial charge < -0.3 is 19.9 Å². The van der Waals surface area contributed by atoms with E-state index in [1.807, 2.05) is 29.8 Å². The van der Waals surface area contributed by atoms with E-state index in [9.17, 15) is 14.0 Å². The topological polar surface area (TPSA) is 85.2 Å². The molecule has 2 amide bonds. The standard InChI is InChI=1S/C23H25FN4O3/c1-14-5-6-15(12-17(14)24)22(29)25-10-9-21-27-18-13-16(7-8-19(18)28(21)2)26-23(30)20-4-3-11-31-20/h5-8,12-13,20H,3-4,9-11H2,1-2H3,(H,25,29)(H,26,30)/t20-/m1/s1. The Bertz CT molecular complexity index is 1140. The quantitative estimate of drug-likeness (QED) is 0.637. The van der Waals surface area contributed by atoms with Gasteiger partial charge in [-0.1, -0.05) is 6.07 Å². The third-order valence-corrected chi connectivity index (χ3v) is 5.53. The zero-order valence-electron chi connectivity index (χ0n) is 17.6. The summed E-state index contributed by atoms with van der Waals surface area (Å²) in [5.41, 5.74) is 3.15. The van der Waals surface area contributed by atoms with Crippen LogP contribution in [0.25, 0.3) is 11.0 Å². The molecular formula is C23H25FN4O3. The number of anilines is 1. The lowest BCUT2D eigenvalue weighted by atomic mass is 10.1. The molecule has 2 N–H and O–H groups in total. The Morgan fingerprint density at radius 1 is 1.26 bits per heavy atom. The molecule has 3 aromatic rings. The van der Waals surface area contributed by atoms with Gasteiger partial charge in [-0.25, -0.2) is 9.37 Å². The second-order valence-corrected chi connectivity index (χ2v) is 7.75. The van der Waals surface area contributed by atoms with E-state index in [1.54, 1.807) is 19.1 Å². The van der Waals surface area contributed by atoms with Crippen LogP contribution < -0.4 is 10.6 Å². The number of hydrogen-bond acceptors (Lipinski definition) is 4. The highest BCUT2D eigenvalue weighted by Crippen LogP contribution is 2.21. The lowest BCUT2D eigenvalue weighted by Gasteiger charge is -2.10. The number of aromatic nitrogens is 2. The minimum Gasteiger partial charge on any atom is -0.368 e. The molecule has 0 radical (unpaired) electrons. The fourth-order valence-electron chi connectivity index (χ4n) is 3.68. The summed E-state index contributed by atoms with van der Waals surface area (Å²) in [6.45, 7) is 2.65. The molecule has 1 saturated heterocycles. The van der Waals surface area contributed by atoms with Crippen molar-refractivity contribution in [3.63, 3.8) is 0 Å². The zero-order valence-corrected chi connectivity index (χ0v) is 17.6. The number of benzene rings is 2. The molecule has 31 heavy (non-hydrogen) atoms. The van der Waals surface area contributed by atoms with E-state index in [1.165, 1.54) is 6.07 Å². The number of nitrogens with zero attached hydrogens (tertiary/aromatic N) is 2. The van der Waals surface area contributed by atoms with Gasteiger partial charge in [0.25, 0.3) is 11.8 Å². The number of carbonyl (C=O) groups is 2. The number of hydrogen-bond donors (Lipinski definition) is 2. The summed E-state index contributed by atoms with van der Waals surface area (Å²) in [4.78, 5) is 29.2. The van der Waals surface area contributed by atoms with Gasteiger partial charge in [0.2, 0.25) is 0 Å². The number of aryl methyl sites for hydroxylation is 2. The van der Waals surface area contributed by atoms with Crippen molar-refractivity contribution in [1.82, 2.24) is 14.9 Å². The number of amides is 2. The SMILES string of the molecule is Cc1ccc(C(=O)NCCc2nc3cc(NC(=O)[C@H]4CCCO4)ccc3n2C)cc1F. The number of rotatable bonds is 6. The summed E-state index contributed by atoms with van der Waals surface area (Å²) in [6, 6.07) is 10.0. The number of imidazole rings is 1. The summed E-state index contributed by atoms with van der Waals surface area (Å²) < 4.78 is 21.0. The Balaban J connectivity index is 1.39. The molecule has 0 saturated carbocycles. The van der Waals surface area contributed by atoms with Gasteiger partial charge >= 0.3 is 0 Å². The summed E-state index contributed by atoms with van der Waals surface area (Å²) in [6.07, 6.45) is 1.77. The van der Waals surface area contributed by atoms with Crippen LogP contribution in [0.2, 0.25) is 0 Å². The van der Waals surface area contributed by atoms with E-state index in [2.05, 4.69) is 15.6 Å². The lowest BCUT2D eigenvalue weighted by molar-refractivity contribution is -0.124. The van der Waals surface area contributed by atoms with Crippen molar-refractivity contribution in [2.45, 2.75) is 32.3 Å². The molecule has 0 aliphatic carbocycles. The first-order valence-electron chi connectivity index (χ1n) is 10.3. The maximum Gasteiger partial charge on any atom is 0.253 e. The van der Waals surface area contributed by atoms with Crippen LogP contribution in [0.15, 0.2) is 36.4 Å². The predicted octanol–water partition coefficient (Wildman–Crippen LogP) is 3.11. The molecule has 2 heterocycles. The van der Waals surface area contributed by atoms with Crippen LogP contribution in [0.4, 0.5) is 10.1 Å². The highest BCUT2D eigenvalue weighted by molar-refractivity contribution is 5.96. The van der Waals surface area contributed by atoms with Gasteiger partial charge in [-0.15, -0.1) is 0 Å². The van der Waals surface area contributed by atoms with Crippen LogP contribution >= 0.6 is 0 Å².